The molecule has 0 radical (unpaired) electrons. The molecule has 22 nitrogen and oxygen atoms in total. The third-order valence-electron chi connectivity index (χ3n) is 17.5. The molecule has 12 rings (SSSR count). The normalized spacial score (nSPS) is 24.1. The van der Waals surface area contributed by atoms with Crippen molar-refractivity contribution >= 4 is 35.8 Å². The van der Waals surface area contributed by atoms with Crippen molar-refractivity contribution in [1.29, 1.82) is 0 Å². The van der Waals surface area contributed by atoms with Gasteiger partial charge in [-0.3, -0.25) is 0 Å². The third-order valence-corrected chi connectivity index (χ3v) is 17.5. The van der Waals surface area contributed by atoms with Crippen LogP contribution < -0.4 is 0 Å². The number of aliphatic hydroxyl groups is 1. The summed E-state index contributed by atoms with van der Waals surface area (Å²) in [5.41, 5.74) is 2.67. The Kier molecular flexibility index (Phi) is 26.6. The van der Waals surface area contributed by atoms with E-state index in [-0.39, 0.29) is 66.4 Å². The van der Waals surface area contributed by atoms with Gasteiger partial charge in [0.05, 0.1) is 66.4 Å². The Morgan fingerprint density at radius 2 is 0.604 bits per heavy atom. The third kappa shape index (κ3) is 19.9. The van der Waals surface area contributed by atoms with Gasteiger partial charge in [-0.15, -0.1) is 6.58 Å². The van der Waals surface area contributed by atoms with E-state index >= 15 is 9.59 Å². The minimum Gasteiger partial charge on any atom is -0.459 e. The first-order chi connectivity index (χ1) is 51.9. The van der Waals surface area contributed by atoms with Crippen LogP contribution in [0.2, 0.25) is 0 Å². The van der Waals surface area contributed by atoms with Gasteiger partial charge < -0.3 is 76.2 Å². The largest absolute Gasteiger partial charge is 0.459 e. The van der Waals surface area contributed by atoms with Gasteiger partial charge in [0.15, 0.2) is 43.3 Å². The van der Waals surface area contributed by atoms with Gasteiger partial charge in [-0.2, -0.15) is 0 Å². The van der Waals surface area contributed by atoms with Crippen LogP contribution in [0.1, 0.15) is 78.8 Å². The van der Waals surface area contributed by atoms with E-state index in [2.05, 4.69) is 6.58 Å². The summed E-state index contributed by atoms with van der Waals surface area (Å²) in [6, 6.07) is 75.4. The second-order valence-electron chi connectivity index (χ2n) is 24.8. The maximum absolute atomic E-state index is 15.3. The Morgan fingerprint density at radius 1 is 0.311 bits per heavy atom. The second-order valence-corrected chi connectivity index (χ2v) is 24.8. The highest BCUT2D eigenvalue weighted by Gasteiger charge is 2.60. The molecule has 0 spiro atoms. The zero-order chi connectivity index (χ0) is 73.4. The summed E-state index contributed by atoms with van der Waals surface area (Å²) in [4.78, 5) is 88.2. The molecule has 3 fully saturated rings. The van der Waals surface area contributed by atoms with Crippen LogP contribution in [0, 0.1) is 0 Å². The minimum atomic E-state index is -2.07. The Bertz CT molecular complexity index is 4250. The molecule has 0 aromatic heterocycles. The van der Waals surface area contributed by atoms with Crippen LogP contribution in [0.4, 0.5) is 0 Å². The first-order valence-electron chi connectivity index (χ1n) is 34.5. The molecule has 1 N–H and O–H groups in total. The second kappa shape index (κ2) is 37.7. The number of aliphatic hydroxyl groups excluding tert-OH is 1. The standard InChI is InChI=1S/C84H78O22/c1-2-48-93-71-68(101-78(87)60-40-22-8-23-41-60)65(53-96-76(85)58-36-18-6-19-37-58)99-83(74(71)103-80(89)62-44-26-10-27-45-62)105-72-69(102-79(88)61-42-24-9-25-43-61)66(54-97-77(86)59-38-20-7-21-39-59)100-84(75(72)104-81(90)63-46-28-11-29-47-63)106-73-70(95-51-57-34-16-5-17-35-57)67(94-50-56-32-14-4-15-33-56)64(98-82(73)91)52-92-49-55-30-12-3-13-31-55/h2-47,64-75,82-84,91H,1,48-54H2/t64-,65-,66-,67-,68-,69-,70+,71+,72+,73+,74+,75+,82+,83-,84-/m1/s1. The van der Waals surface area contributed by atoms with Crippen molar-refractivity contribution in [3.8, 4) is 0 Å². The highest BCUT2D eigenvalue weighted by Crippen LogP contribution is 2.40. The minimum absolute atomic E-state index is 0.00653. The molecule has 0 bridgehead atoms. The zero-order valence-electron chi connectivity index (χ0n) is 57.4. The van der Waals surface area contributed by atoms with Crippen molar-refractivity contribution in [2.45, 2.75) is 112 Å². The van der Waals surface area contributed by atoms with Crippen molar-refractivity contribution in [2.24, 2.45) is 0 Å². The number of hydrogen-bond acceptors (Lipinski definition) is 22. The molecule has 546 valence electrons. The molecule has 3 aliphatic heterocycles. The molecule has 0 amide bonds. The topological polar surface area (TPSA) is 261 Å². The Balaban J connectivity index is 1.02. The van der Waals surface area contributed by atoms with E-state index in [1.54, 1.807) is 109 Å². The lowest BCUT2D eigenvalue weighted by Crippen LogP contribution is -2.68. The molecule has 0 unspecified atom stereocenters. The van der Waals surface area contributed by atoms with E-state index < -0.39 is 141 Å². The van der Waals surface area contributed by atoms with Crippen LogP contribution in [-0.2, 0) is 90.9 Å². The lowest BCUT2D eigenvalue weighted by atomic mass is 9.95. The molecule has 15 atom stereocenters. The van der Waals surface area contributed by atoms with Crippen molar-refractivity contribution in [2.75, 3.05) is 26.4 Å². The Labute approximate surface area is 612 Å². The summed E-state index contributed by atoms with van der Waals surface area (Å²) in [7, 11) is 0. The van der Waals surface area contributed by atoms with Gasteiger partial charge in [0.2, 0.25) is 0 Å². The molecule has 9 aromatic rings. The van der Waals surface area contributed by atoms with Crippen molar-refractivity contribution < 1.29 is 105 Å². The lowest BCUT2D eigenvalue weighted by Gasteiger charge is -2.50. The van der Waals surface area contributed by atoms with Gasteiger partial charge in [-0.1, -0.05) is 206 Å². The first kappa shape index (κ1) is 74.8. The van der Waals surface area contributed by atoms with Crippen LogP contribution in [0.25, 0.3) is 0 Å². The predicted octanol–water partition coefficient (Wildman–Crippen LogP) is 11.5. The number of hydrogen-bond donors (Lipinski definition) is 1. The fourth-order valence-electron chi connectivity index (χ4n) is 12.3. The SMILES string of the molecule is C=CCO[C@@H]1[C@H](OC(=O)c2ccccc2)[C@@H](O[C@@H]2[C@H](OC(=O)c3ccccc3)[C@@H](O[C@H]3[C@@H](OCc4ccccc4)[C@H](OCc4ccccc4)[C@@H](COCc4ccccc4)O[C@@H]3O)O[C@H](COC(=O)c3ccccc3)[C@H]2OC(=O)c2ccccc2)O[C@H](COC(=O)c2ccccc2)[C@H]1OC(=O)c1ccccc1. The number of rotatable bonds is 31. The van der Waals surface area contributed by atoms with Crippen LogP contribution in [0.15, 0.2) is 286 Å². The molecule has 3 heterocycles. The number of carbonyl (C=O) groups excluding carboxylic acids is 6. The van der Waals surface area contributed by atoms with Crippen molar-refractivity contribution in [3.05, 3.63) is 336 Å². The van der Waals surface area contributed by atoms with Crippen molar-refractivity contribution in [3.63, 3.8) is 0 Å². The fourth-order valence-corrected chi connectivity index (χ4v) is 12.3. The average Bonchev–Trinajstić information content (AvgIpc) is 0.758. The zero-order valence-corrected chi connectivity index (χ0v) is 57.4. The molecule has 9 aromatic carbocycles. The number of esters is 6. The number of benzene rings is 9. The quantitative estimate of drug-likeness (QED) is 0.0240. The maximum Gasteiger partial charge on any atom is 0.338 e. The van der Waals surface area contributed by atoms with Gasteiger partial charge in [-0.25, -0.2) is 28.8 Å². The molecular formula is C84H78O22. The van der Waals surface area contributed by atoms with E-state index in [0.717, 1.165) is 11.1 Å². The highest BCUT2D eigenvalue weighted by molar-refractivity contribution is 5.92. The Hall–Kier alpha value is -10.9. The van der Waals surface area contributed by atoms with E-state index in [9.17, 15) is 24.3 Å². The highest BCUT2D eigenvalue weighted by atomic mass is 16.8. The maximum atomic E-state index is 15.3. The van der Waals surface area contributed by atoms with Crippen molar-refractivity contribution in [1.82, 2.24) is 0 Å². The molecule has 0 saturated carbocycles. The van der Waals surface area contributed by atoms with Crippen LogP contribution in [-0.4, -0.2) is 159 Å². The van der Waals surface area contributed by atoms with E-state index in [1.165, 1.54) is 78.9 Å². The molecule has 106 heavy (non-hydrogen) atoms. The summed E-state index contributed by atoms with van der Waals surface area (Å²) >= 11 is 0. The smallest absolute Gasteiger partial charge is 0.338 e. The average molecular weight is 1440 g/mol. The Morgan fingerprint density at radius 3 is 0.981 bits per heavy atom. The van der Waals surface area contributed by atoms with Gasteiger partial charge in [0.25, 0.3) is 0 Å². The van der Waals surface area contributed by atoms with Gasteiger partial charge in [0.1, 0.15) is 62.0 Å². The monoisotopic (exact) mass is 1440 g/mol. The summed E-state index contributed by atoms with van der Waals surface area (Å²) in [6.07, 6.45) is -24.5. The number of carbonyl (C=O) groups is 6. The van der Waals surface area contributed by atoms with Gasteiger partial charge in [0, 0.05) is 0 Å². The fraction of sp³-hybridized carbons (Fsp3) is 0.262. The lowest BCUT2D eigenvalue weighted by molar-refractivity contribution is -0.385. The number of ether oxygens (including phenoxy) is 15. The van der Waals surface area contributed by atoms with Gasteiger partial charge in [-0.05, 0) is 89.5 Å². The molecule has 22 heteroatoms. The summed E-state index contributed by atoms with van der Waals surface area (Å²) < 4.78 is 100. The molecule has 0 aliphatic carbocycles. The van der Waals surface area contributed by atoms with Crippen LogP contribution in [0.5, 0.6) is 0 Å². The molecule has 3 aliphatic rings. The van der Waals surface area contributed by atoms with Gasteiger partial charge >= 0.3 is 35.8 Å². The summed E-state index contributed by atoms with van der Waals surface area (Å²) in [5.74, 6) is -5.59. The molecular weight excluding hydrogens is 1360 g/mol. The van der Waals surface area contributed by atoms with E-state index in [1.807, 2.05) is 91.0 Å². The first-order valence-corrected chi connectivity index (χ1v) is 34.5. The van der Waals surface area contributed by atoms with E-state index in [4.69, 9.17) is 71.1 Å². The summed E-state index contributed by atoms with van der Waals surface area (Å²) in [6.45, 7) is 1.99. The molecule has 3 saturated heterocycles. The summed E-state index contributed by atoms with van der Waals surface area (Å²) in [5, 5.41) is 12.8. The van der Waals surface area contributed by atoms with Crippen LogP contribution in [0.3, 0.4) is 0 Å². The predicted molar refractivity (Wildman–Crippen MR) is 380 cm³/mol. The van der Waals surface area contributed by atoms with Crippen LogP contribution >= 0.6 is 0 Å². The van der Waals surface area contributed by atoms with E-state index in [0.29, 0.717) is 5.56 Å².